The lowest BCUT2D eigenvalue weighted by molar-refractivity contribution is 0.585. The molecule has 114 valence electrons. The van der Waals surface area contributed by atoms with Gasteiger partial charge in [0.2, 0.25) is 0 Å². The summed E-state index contributed by atoms with van der Waals surface area (Å²) in [6.07, 6.45) is 3.02. The Labute approximate surface area is 129 Å². The minimum atomic E-state index is -0.168. The van der Waals surface area contributed by atoms with Gasteiger partial charge in [-0.2, -0.15) is 0 Å². The molecular weight excluding hydrogens is 285 g/mol. The van der Waals surface area contributed by atoms with Gasteiger partial charge in [0.05, 0.1) is 6.04 Å². The van der Waals surface area contributed by atoms with E-state index in [1.165, 1.54) is 10.9 Å². The number of aromatic nitrogens is 1. The predicted octanol–water partition coefficient (Wildman–Crippen LogP) is 3.98. The van der Waals surface area contributed by atoms with E-state index >= 15 is 0 Å². The number of benzene rings is 1. The number of hydrogen-bond acceptors (Lipinski definition) is 4. The average molecular weight is 307 g/mol. The van der Waals surface area contributed by atoms with Gasteiger partial charge in [-0.25, -0.2) is 9.37 Å². The van der Waals surface area contributed by atoms with E-state index in [0.717, 1.165) is 24.6 Å². The lowest BCUT2D eigenvalue weighted by Gasteiger charge is -2.24. The van der Waals surface area contributed by atoms with E-state index in [0.29, 0.717) is 5.56 Å². The van der Waals surface area contributed by atoms with Gasteiger partial charge in [-0.15, -0.1) is 11.3 Å². The number of hydrogen-bond donors (Lipinski definition) is 1. The fourth-order valence-corrected chi connectivity index (χ4v) is 3.04. The molecule has 0 aliphatic rings. The van der Waals surface area contributed by atoms with Crippen LogP contribution in [0.15, 0.2) is 30.5 Å². The van der Waals surface area contributed by atoms with E-state index < -0.39 is 0 Å². The summed E-state index contributed by atoms with van der Waals surface area (Å²) >= 11 is 1.65. The first kappa shape index (κ1) is 15.9. The molecule has 1 aromatic heterocycles. The zero-order valence-electron chi connectivity index (χ0n) is 12.8. The zero-order chi connectivity index (χ0) is 15.2. The predicted molar refractivity (Wildman–Crippen MR) is 87.3 cm³/mol. The SMILES string of the molecule is CCCNCc1cnc(N(C)C(C)c2ccccc2F)s1. The second-order valence-electron chi connectivity index (χ2n) is 5.09. The first-order chi connectivity index (χ1) is 10.1. The first-order valence-corrected chi connectivity index (χ1v) is 8.07. The number of rotatable bonds is 7. The van der Waals surface area contributed by atoms with E-state index in [1.54, 1.807) is 17.4 Å². The summed E-state index contributed by atoms with van der Waals surface area (Å²) in [7, 11) is 1.96. The van der Waals surface area contributed by atoms with E-state index in [9.17, 15) is 4.39 Å². The van der Waals surface area contributed by atoms with Crippen molar-refractivity contribution >= 4 is 16.5 Å². The third-order valence-electron chi connectivity index (χ3n) is 3.51. The Morgan fingerprint density at radius 2 is 2.14 bits per heavy atom. The smallest absolute Gasteiger partial charge is 0.185 e. The van der Waals surface area contributed by atoms with Crippen molar-refractivity contribution in [2.75, 3.05) is 18.5 Å². The van der Waals surface area contributed by atoms with Gasteiger partial charge in [0, 0.05) is 30.2 Å². The molecule has 0 aliphatic carbocycles. The van der Waals surface area contributed by atoms with Crippen molar-refractivity contribution in [1.29, 1.82) is 0 Å². The Bertz CT molecular complexity index is 570. The zero-order valence-corrected chi connectivity index (χ0v) is 13.6. The summed E-state index contributed by atoms with van der Waals surface area (Å²) in [4.78, 5) is 7.67. The van der Waals surface area contributed by atoms with Crippen LogP contribution in [-0.4, -0.2) is 18.6 Å². The van der Waals surface area contributed by atoms with Crippen LogP contribution in [0.5, 0.6) is 0 Å². The summed E-state index contributed by atoms with van der Waals surface area (Å²) in [5.74, 6) is -0.168. The van der Waals surface area contributed by atoms with Crippen LogP contribution < -0.4 is 10.2 Å². The molecule has 0 spiro atoms. The van der Waals surface area contributed by atoms with Gasteiger partial charge in [-0.1, -0.05) is 25.1 Å². The van der Waals surface area contributed by atoms with Crippen molar-refractivity contribution < 1.29 is 4.39 Å². The molecule has 1 heterocycles. The molecule has 0 bridgehead atoms. The van der Waals surface area contributed by atoms with Gasteiger partial charge < -0.3 is 10.2 Å². The Balaban J connectivity index is 2.06. The first-order valence-electron chi connectivity index (χ1n) is 7.26. The summed E-state index contributed by atoms with van der Waals surface area (Å²) in [6.45, 7) is 5.99. The van der Waals surface area contributed by atoms with Crippen molar-refractivity contribution in [3.05, 3.63) is 46.7 Å². The maximum atomic E-state index is 13.9. The molecule has 1 N–H and O–H groups in total. The average Bonchev–Trinajstić information content (AvgIpc) is 2.95. The van der Waals surface area contributed by atoms with Crippen LogP contribution in [0, 0.1) is 5.82 Å². The van der Waals surface area contributed by atoms with Crippen LogP contribution in [0.1, 0.15) is 36.8 Å². The highest BCUT2D eigenvalue weighted by Crippen LogP contribution is 2.30. The van der Waals surface area contributed by atoms with Gasteiger partial charge in [-0.05, 0) is 26.0 Å². The number of thiazole rings is 1. The lowest BCUT2D eigenvalue weighted by atomic mass is 10.1. The van der Waals surface area contributed by atoms with Crippen molar-refractivity contribution in [3.8, 4) is 0 Å². The molecule has 21 heavy (non-hydrogen) atoms. The van der Waals surface area contributed by atoms with Crippen molar-refractivity contribution in [3.63, 3.8) is 0 Å². The van der Waals surface area contributed by atoms with E-state index in [1.807, 2.05) is 37.2 Å². The van der Waals surface area contributed by atoms with Crippen LogP contribution in [0.2, 0.25) is 0 Å². The van der Waals surface area contributed by atoms with Crippen molar-refractivity contribution in [2.45, 2.75) is 32.9 Å². The van der Waals surface area contributed by atoms with Crippen LogP contribution >= 0.6 is 11.3 Å². The largest absolute Gasteiger partial charge is 0.344 e. The van der Waals surface area contributed by atoms with Crippen LogP contribution in [0.3, 0.4) is 0 Å². The molecule has 0 aliphatic heterocycles. The Morgan fingerprint density at radius 3 is 2.86 bits per heavy atom. The molecule has 1 aromatic carbocycles. The van der Waals surface area contributed by atoms with Crippen molar-refractivity contribution in [2.24, 2.45) is 0 Å². The third-order valence-corrected chi connectivity index (χ3v) is 4.59. The molecule has 0 radical (unpaired) electrons. The Kier molecular flexibility index (Phi) is 5.70. The highest BCUT2D eigenvalue weighted by Gasteiger charge is 2.18. The Morgan fingerprint density at radius 1 is 1.38 bits per heavy atom. The van der Waals surface area contributed by atoms with Gasteiger partial charge in [0.25, 0.3) is 0 Å². The maximum absolute atomic E-state index is 13.9. The molecule has 3 nitrogen and oxygen atoms in total. The topological polar surface area (TPSA) is 28.2 Å². The van der Waals surface area contributed by atoms with E-state index in [-0.39, 0.29) is 11.9 Å². The van der Waals surface area contributed by atoms with Gasteiger partial charge in [0.15, 0.2) is 5.13 Å². The van der Waals surface area contributed by atoms with Gasteiger partial charge in [0.1, 0.15) is 5.82 Å². The number of halogens is 1. The summed E-state index contributed by atoms with van der Waals surface area (Å²) in [6, 6.07) is 6.86. The quantitative estimate of drug-likeness (QED) is 0.784. The number of nitrogens with one attached hydrogen (secondary N) is 1. The molecule has 2 aromatic rings. The highest BCUT2D eigenvalue weighted by molar-refractivity contribution is 7.15. The van der Waals surface area contributed by atoms with Crippen LogP contribution in [0.25, 0.3) is 0 Å². The monoisotopic (exact) mass is 307 g/mol. The standard InChI is InChI=1S/C16H22FN3S/c1-4-9-18-10-13-11-19-16(21-13)20(3)12(2)14-7-5-6-8-15(14)17/h5-8,11-12,18H,4,9-10H2,1-3H3. The molecule has 0 saturated carbocycles. The fraction of sp³-hybridized carbons (Fsp3) is 0.438. The van der Waals surface area contributed by atoms with E-state index in [2.05, 4.69) is 17.2 Å². The van der Waals surface area contributed by atoms with Crippen molar-refractivity contribution in [1.82, 2.24) is 10.3 Å². The molecule has 1 atom stereocenters. The van der Waals surface area contributed by atoms with Crippen LogP contribution in [-0.2, 0) is 6.54 Å². The Hall–Kier alpha value is -1.46. The summed E-state index contributed by atoms with van der Waals surface area (Å²) in [5, 5.41) is 4.28. The molecule has 5 heteroatoms. The molecule has 0 saturated heterocycles. The molecule has 2 rings (SSSR count). The molecule has 0 amide bonds. The summed E-state index contributed by atoms with van der Waals surface area (Å²) in [5.41, 5.74) is 0.695. The number of anilines is 1. The third kappa shape index (κ3) is 4.02. The molecule has 1 unspecified atom stereocenters. The molecular formula is C16H22FN3S. The lowest BCUT2D eigenvalue weighted by Crippen LogP contribution is -2.22. The minimum Gasteiger partial charge on any atom is -0.344 e. The van der Waals surface area contributed by atoms with E-state index in [4.69, 9.17) is 0 Å². The van der Waals surface area contributed by atoms with Gasteiger partial charge in [-0.3, -0.25) is 0 Å². The fourth-order valence-electron chi connectivity index (χ4n) is 2.12. The minimum absolute atomic E-state index is 0.0474. The van der Waals surface area contributed by atoms with Gasteiger partial charge >= 0.3 is 0 Å². The second kappa shape index (κ2) is 7.52. The number of nitrogens with zero attached hydrogens (tertiary/aromatic N) is 2. The molecule has 0 fully saturated rings. The summed E-state index contributed by atoms with van der Waals surface area (Å²) < 4.78 is 13.9. The normalized spacial score (nSPS) is 12.4. The second-order valence-corrected chi connectivity index (χ2v) is 6.19. The van der Waals surface area contributed by atoms with Crippen LogP contribution in [0.4, 0.5) is 9.52 Å². The maximum Gasteiger partial charge on any atom is 0.185 e. The highest BCUT2D eigenvalue weighted by atomic mass is 32.1.